The normalized spacial score (nSPS) is 10.3. The van der Waals surface area contributed by atoms with Crippen molar-refractivity contribution in [2.24, 2.45) is 0 Å². The van der Waals surface area contributed by atoms with Crippen molar-refractivity contribution in [1.82, 2.24) is 9.78 Å². The van der Waals surface area contributed by atoms with Crippen LogP contribution in [0.1, 0.15) is 5.56 Å². The third-order valence-corrected chi connectivity index (χ3v) is 2.04. The molecular weight excluding hydrogens is 180 g/mol. The zero-order valence-corrected chi connectivity index (χ0v) is 7.47. The fraction of sp³-hybridized carbons (Fsp3) is 0.100. The molecule has 1 heterocycles. The number of rotatable bonds is 2. The number of aromatic hydroxyl groups is 1. The van der Waals surface area contributed by atoms with Crippen molar-refractivity contribution in [2.45, 2.75) is 6.54 Å². The third kappa shape index (κ3) is 1.54. The van der Waals surface area contributed by atoms with Gasteiger partial charge in [-0.25, -0.2) is 4.68 Å². The molecule has 1 aromatic heterocycles. The highest BCUT2D eigenvalue weighted by Gasteiger charge is 2.01. The highest BCUT2D eigenvalue weighted by atomic mass is 16.3. The second-order valence-corrected chi connectivity index (χ2v) is 3.02. The molecule has 2 aromatic rings. The molecule has 4 nitrogen and oxygen atoms in total. The molecule has 0 saturated heterocycles. The molecule has 0 atom stereocenters. The van der Waals surface area contributed by atoms with Crippen LogP contribution in [0.15, 0.2) is 41.3 Å². The number of aromatic amines is 1. The number of para-hydroxylation sites is 1. The van der Waals surface area contributed by atoms with Gasteiger partial charge in [0.05, 0.1) is 6.54 Å². The maximum Gasteiger partial charge on any atom is 0.266 e. The first-order chi connectivity index (χ1) is 6.77. The highest BCUT2D eigenvalue weighted by molar-refractivity contribution is 5.31. The number of phenols is 1. The molecule has 14 heavy (non-hydrogen) atoms. The van der Waals surface area contributed by atoms with E-state index in [1.54, 1.807) is 24.4 Å². The van der Waals surface area contributed by atoms with Gasteiger partial charge in [0.25, 0.3) is 5.56 Å². The largest absolute Gasteiger partial charge is 0.508 e. The summed E-state index contributed by atoms with van der Waals surface area (Å²) in [5.74, 6) is 0.203. The molecule has 0 radical (unpaired) electrons. The summed E-state index contributed by atoms with van der Waals surface area (Å²) < 4.78 is 1.43. The van der Waals surface area contributed by atoms with Crippen LogP contribution in [0.5, 0.6) is 5.75 Å². The Bertz CT molecular complexity index is 485. The molecule has 1 aromatic carbocycles. The molecule has 0 aliphatic heterocycles. The van der Waals surface area contributed by atoms with Crippen molar-refractivity contribution in [1.29, 1.82) is 0 Å². The van der Waals surface area contributed by atoms with Crippen molar-refractivity contribution in [3.8, 4) is 5.75 Å². The van der Waals surface area contributed by atoms with E-state index in [1.807, 2.05) is 6.07 Å². The zero-order valence-electron chi connectivity index (χ0n) is 7.47. The van der Waals surface area contributed by atoms with Crippen LogP contribution in [-0.4, -0.2) is 14.9 Å². The second kappa shape index (κ2) is 3.41. The molecule has 0 fully saturated rings. The molecule has 2 N–H and O–H groups in total. The van der Waals surface area contributed by atoms with Crippen molar-refractivity contribution in [2.75, 3.05) is 0 Å². The van der Waals surface area contributed by atoms with E-state index in [2.05, 4.69) is 5.10 Å². The van der Waals surface area contributed by atoms with Crippen LogP contribution in [-0.2, 0) is 6.54 Å². The fourth-order valence-electron chi connectivity index (χ4n) is 1.29. The standard InChI is InChI=1S/C10H10N2O2/c13-9-4-2-1-3-8(9)7-12-10(14)5-6-11-12/h1-6,11,13H,7H2. The SMILES string of the molecule is O=c1cc[nH]n1Cc1ccccc1O. The molecule has 0 amide bonds. The molecule has 72 valence electrons. The summed E-state index contributed by atoms with van der Waals surface area (Å²) in [6.07, 6.45) is 1.57. The van der Waals surface area contributed by atoms with Gasteiger partial charge in [-0.2, -0.15) is 0 Å². The number of aromatic nitrogens is 2. The lowest BCUT2D eigenvalue weighted by Gasteiger charge is -2.03. The van der Waals surface area contributed by atoms with E-state index in [0.717, 1.165) is 5.56 Å². The van der Waals surface area contributed by atoms with Crippen molar-refractivity contribution in [3.05, 3.63) is 52.4 Å². The first kappa shape index (κ1) is 8.62. The molecule has 0 aliphatic rings. The Morgan fingerprint density at radius 3 is 2.71 bits per heavy atom. The lowest BCUT2D eigenvalue weighted by molar-refractivity contribution is 0.463. The fourth-order valence-corrected chi connectivity index (χ4v) is 1.29. The Labute approximate surface area is 80.4 Å². The van der Waals surface area contributed by atoms with Crippen LogP contribution in [0.2, 0.25) is 0 Å². The zero-order chi connectivity index (χ0) is 9.97. The van der Waals surface area contributed by atoms with E-state index in [9.17, 15) is 9.90 Å². The number of hydrogen-bond donors (Lipinski definition) is 2. The van der Waals surface area contributed by atoms with Crippen LogP contribution in [0.4, 0.5) is 0 Å². The summed E-state index contributed by atoms with van der Waals surface area (Å²) >= 11 is 0. The van der Waals surface area contributed by atoms with E-state index < -0.39 is 0 Å². The molecule has 0 saturated carbocycles. The summed E-state index contributed by atoms with van der Waals surface area (Å²) in [5.41, 5.74) is 0.616. The summed E-state index contributed by atoms with van der Waals surface area (Å²) in [5, 5.41) is 12.2. The first-order valence-electron chi connectivity index (χ1n) is 4.28. The van der Waals surface area contributed by atoms with Gasteiger partial charge < -0.3 is 10.2 Å². The minimum Gasteiger partial charge on any atom is -0.508 e. The van der Waals surface area contributed by atoms with E-state index in [1.165, 1.54) is 10.7 Å². The third-order valence-electron chi connectivity index (χ3n) is 2.04. The van der Waals surface area contributed by atoms with E-state index >= 15 is 0 Å². The predicted molar refractivity (Wildman–Crippen MR) is 52.3 cm³/mol. The van der Waals surface area contributed by atoms with Gasteiger partial charge in [0.1, 0.15) is 5.75 Å². The molecule has 0 bridgehead atoms. The molecule has 2 rings (SSSR count). The topological polar surface area (TPSA) is 58.0 Å². The summed E-state index contributed by atoms with van der Waals surface area (Å²) in [4.78, 5) is 11.2. The first-order valence-corrected chi connectivity index (χ1v) is 4.28. The van der Waals surface area contributed by atoms with Crippen LogP contribution in [0.3, 0.4) is 0 Å². The quantitative estimate of drug-likeness (QED) is 0.740. The van der Waals surface area contributed by atoms with E-state index in [4.69, 9.17) is 0 Å². The molecule has 4 heteroatoms. The average molecular weight is 190 g/mol. The predicted octanol–water partition coefficient (Wildman–Crippen LogP) is 0.930. The van der Waals surface area contributed by atoms with Gasteiger partial charge >= 0.3 is 0 Å². The molecule has 0 aliphatic carbocycles. The van der Waals surface area contributed by atoms with Gasteiger partial charge in [0.2, 0.25) is 0 Å². The Hall–Kier alpha value is -1.97. The minimum atomic E-state index is -0.103. The minimum absolute atomic E-state index is 0.103. The van der Waals surface area contributed by atoms with E-state index in [-0.39, 0.29) is 11.3 Å². The van der Waals surface area contributed by atoms with Gasteiger partial charge in [0, 0.05) is 17.8 Å². The smallest absolute Gasteiger partial charge is 0.266 e. The highest BCUT2D eigenvalue weighted by Crippen LogP contribution is 2.15. The number of nitrogens with zero attached hydrogens (tertiary/aromatic N) is 1. The van der Waals surface area contributed by atoms with Gasteiger partial charge in [-0.05, 0) is 6.07 Å². The molecular formula is C10H10N2O2. The van der Waals surface area contributed by atoms with Crippen LogP contribution in [0, 0.1) is 0 Å². The van der Waals surface area contributed by atoms with Crippen LogP contribution in [0.25, 0.3) is 0 Å². The van der Waals surface area contributed by atoms with Gasteiger partial charge in [-0.1, -0.05) is 18.2 Å². The number of nitrogens with one attached hydrogen (secondary N) is 1. The number of phenolic OH excluding ortho intramolecular Hbond substituents is 1. The van der Waals surface area contributed by atoms with Crippen molar-refractivity contribution < 1.29 is 5.11 Å². The molecule has 0 spiro atoms. The second-order valence-electron chi connectivity index (χ2n) is 3.02. The van der Waals surface area contributed by atoms with Crippen molar-refractivity contribution >= 4 is 0 Å². The Morgan fingerprint density at radius 2 is 2.07 bits per heavy atom. The Morgan fingerprint density at radius 1 is 1.29 bits per heavy atom. The summed E-state index contributed by atoms with van der Waals surface area (Å²) in [6, 6.07) is 8.39. The van der Waals surface area contributed by atoms with Crippen LogP contribution < -0.4 is 5.56 Å². The van der Waals surface area contributed by atoms with Crippen LogP contribution >= 0.6 is 0 Å². The van der Waals surface area contributed by atoms with Gasteiger partial charge in [-0.3, -0.25) is 4.79 Å². The number of hydrogen-bond acceptors (Lipinski definition) is 2. The monoisotopic (exact) mass is 190 g/mol. The Balaban J connectivity index is 2.32. The Kier molecular flexibility index (Phi) is 2.10. The summed E-state index contributed by atoms with van der Waals surface area (Å²) in [6.45, 7) is 0.360. The lowest BCUT2D eigenvalue weighted by atomic mass is 10.2. The maximum absolute atomic E-state index is 11.2. The van der Waals surface area contributed by atoms with Gasteiger partial charge in [-0.15, -0.1) is 0 Å². The van der Waals surface area contributed by atoms with E-state index in [0.29, 0.717) is 6.54 Å². The lowest BCUT2D eigenvalue weighted by Crippen LogP contribution is -2.16. The maximum atomic E-state index is 11.2. The summed E-state index contributed by atoms with van der Waals surface area (Å²) in [7, 11) is 0. The number of H-pyrrole nitrogens is 1. The average Bonchev–Trinajstić information content (AvgIpc) is 2.56. The van der Waals surface area contributed by atoms with Gasteiger partial charge in [0.15, 0.2) is 0 Å². The molecule has 0 unspecified atom stereocenters. The number of benzene rings is 1. The van der Waals surface area contributed by atoms with Crippen molar-refractivity contribution in [3.63, 3.8) is 0 Å².